The third-order valence-corrected chi connectivity index (χ3v) is 5.86. The van der Waals surface area contributed by atoms with Crippen LogP contribution in [-0.4, -0.2) is 84.0 Å². The number of carboxylic acid groups (broad SMARTS) is 1. The lowest BCUT2D eigenvalue weighted by molar-refractivity contribution is -0.139. The van der Waals surface area contributed by atoms with Crippen molar-refractivity contribution in [3.8, 4) is 0 Å². The number of carbonyl (C=O) groups is 2. The number of aliphatic carboxylic acids is 1. The highest BCUT2D eigenvalue weighted by Gasteiger charge is 2.27. The van der Waals surface area contributed by atoms with Gasteiger partial charge in [0.25, 0.3) is 0 Å². The molecule has 2 aliphatic rings. The number of amides is 1. The Balaban J connectivity index is 1.71. The molecule has 6 heteroatoms. The van der Waals surface area contributed by atoms with Crippen molar-refractivity contribution in [1.82, 2.24) is 14.7 Å². The van der Waals surface area contributed by atoms with E-state index in [4.69, 9.17) is 5.11 Å². The quantitative estimate of drug-likeness (QED) is 0.722. The van der Waals surface area contributed by atoms with Crippen LogP contribution in [0.25, 0.3) is 0 Å². The fraction of sp³-hybridized carbons (Fsp3) is 0.895. The first kappa shape index (κ1) is 20.2. The zero-order valence-corrected chi connectivity index (χ0v) is 16.0. The van der Waals surface area contributed by atoms with E-state index in [9.17, 15) is 9.59 Å². The largest absolute Gasteiger partial charge is 0.480 e. The standard InChI is InChI=1S/C19H35N3O3/c1-3-22(15-19(24)25)17-9-11-21(12-10-17)14-18(23)20(2)13-16-7-5-4-6-8-16/h16-17H,3-15H2,1-2H3,(H,24,25). The van der Waals surface area contributed by atoms with Gasteiger partial charge in [-0.15, -0.1) is 0 Å². The molecule has 2 fully saturated rings. The fourth-order valence-electron chi connectivity index (χ4n) is 4.29. The van der Waals surface area contributed by atoms with Crippen LogP contribution in [0.15, 0.2) is 0 Å². The second kappa shape index (κ2) is 10.1. The maximum Gasteiger partial charge on any atom is 0.317 e. The Morgan fingerprint density at radius 3 is 2.28 bits per heavy atom. The van der Waals surface area contributed by atoms with E-state index in [0.717, 1.165) is 39.0 Å². The lowest BCUT2D eigenvalue weighted by Crippen LogP contribution is -2.49. The average molecular weight is 354 g/mol. The van der Waals surface area contributed by atoms with Gasteiger partial charge in [-0.3, -0.25) is 19.4 Å². The number of likely N-dealkylation sites (tertiary alicyclic amines) is 1. The predicted molar refractivity (Wildman–Crippen MR) is 98.6 cm³/mol. The van der Waals surface area contributed by atoms with Crippen LogP contribution in [-0.2, 0) is 9.59 Å². The first-order chi connectivity index (χ1) is 12.0. The summed E-state index contributed by atoms with van der Waals surface area (Å²) in [5.74, 6) is 0.147. The lowest BCUT2D eigenvalue weighted by atomic mass is 9.89. The molecule has 1 amide bonds. The van der Waals surface area contributed by atoms with Gasteiger partial charge in [0.05, 0.1) is 13.1 Å². The summed E-state index contributed by atoms with van der Waals surface area (Å²) in [5, 5.41) is 9.01. The number of hydrogen-bond donors (Lipinski definition) is 1. The molecule has 0 bridgehead atoms. The summed E-state index contributed by atoms with van der Waals surface area (Å²) in [6, 6.07) is 0.326. The van der Waals surface area contributed by atoms with Crippen molar-refractivity contribution in [2.24, 2.45) is 5.92 Å². The van der Waals surface area contributed by atoms with Gasteiger partial charge in [0.1, 0.15) is 0 Å². The first-order valence-electron chi connectivity index (χ1n) is 9.91. The van der Waals surface area contributed by atoms with Gasteiger partial charge >= 0.3 is 5.97 Å². The van der Waals surface area contributed by atoms with Gasteiger partial charge in [-0.2, -0.15) is 0 Å². The van der Waals surface area contributed by atoms with Crippen LogP contribution >= 0.6 is 0 Å². The molecule has 0 aromatic heterocycles. The van der Waals surface area contributed by atoms with Gasteiger partial charge < -0.3 is 10.0 Å². The van der Waals surface area contributed by atoms with E-state index >= 15 is 0 Å². The molecule has 1 saturated carbocycles. The molecule has 1 aliphatic heterocycles. The molecule has 25 heavy (non-hydrogen) atoms. The summed E-state index contributed by atoms with van der Waals surface area (Å²) in [4.78, 5) is 29.6. The zero-order valence-electron chi connectivity index (χ0n) is 16.0. The average Bonchev–Trinajstić information content (AvgIpc) is 2.61. The van der Waals surface area contributed by atoms with Crippen molar-refractivity contribution < 1.29 is 14.7 Å². The summed E-state index contributed by atoms with van der Waals surface area (Å²) in [7, 11) is 1.94. The van der Waals surface area contributed by atoms with Crippen molar-refractivity contribution in [1.29, 1.82) is 0 Å². The second-order valence-electron chi connectivity index (χ2n) is 7.74. The zero-order chi connectivity index (χ0) is 18.2. The van der Waals surface area contributed by atoms with Gasteiger partial charge in [-0.05, 0) is 38.1 Å². The van der Waals surface area contributed by atoms with E-state index in [1.165, 1.54) is 32.1 Å². The fourth-order valence-corrected chi connectivity index (χ4v) is 4.29. The summed E-state index contributed by atoms with van der Waals surface area (Å²) in [6.45, 7) is 6.05. The highest BCUT2D eigenvalue weighted by atomic mass is 16.4. The summed E-state index contributed by atoms with van der Waals surface area (Å²) < 4.78 is 0. The number of carbonyl (C=O) groups excluding carboxylic acids is 1. The Morgan fingerprint density at radius 2 is 1.72 bits per heavy atom. The Labute approximate surface area is 152 Å². The molecule has 0 aromatic carbocycles. The van der Waals surface area contributed by atoms with E-state index < -0.39 is 5.97 Å². The number of carboxylic acids is 1. The highest BCUT2D eigenvalue weighted by Crippen LogP contribution is 2.24. The SMILES string of the molecule is CCN(CC(=O)O)C1CCN(CC(=O)N(C)CC2CCCCC2)CC1. The van der Waals surface area contributed by atoms with E-state index in [2.05, 4.69) is 4.90 Å². The van der Waals surface area contributed by atoms with E-state index in [0.29, 0.717) is 18.5 Å². The van der Waals surface area contributed by atoms with Crippen LogP contribution < -0.4 is 0 Å². The van der Waals surface area contributed by atoms with Crippen molar-refractivity contribution in [3.63, 3.8) is 0 Å². The molecule has 0 unspecified atom stereocenters. The van der Waals surface area contributed by atoms with Crippen LogP contribution in [0.2, 0.25) is 0 Å². The molecule has 0 aromatic rings. The Morgan fingerprint density at radius 1 is 1.08 bits per heavy atom. The predicted octanol–water partition coefficient (Wildman–Crippen LogP) is 1.90. The van der Waals surface area contributed by atoms with Crippen molar-refractivity contribution in [2.45, 2.75) is 57.9 Å². The van der Waals surface area contributed by atoms with Gasteiger partial charge in [0.15, 0.2) is 0 Å². The molecular formula is C19H35N3O3. The highest BCUT2D eigenvalue weighted by molar-refractivity contribution is 5.78. The topological polar surface area (TPSA) is 64.1 Å². The Hall–Kier alpha value is -1.14. The van der Waals surface area contributed by atoms with Crippen LogP contribution in [0.4, 0.5) is 0 Å². The minimum atomic E-state index is -0.760. The minimum absolute atomic E-state index is 0.115. The molecular weight excluding hydrogens is 318 g/mol. The lowest BCUT2D eigenvalue weighted by Gasteiger charge is -2.37. The van der Waals surface area contributed by atoms with Crippen molar-refractivity contribution in [3.05, 3.63) is 0 Å². The molecule has 1 saturated heterocycles. The first-order valence-corrected chi connectivity index (χ1v) is 9.91. The number of likely N-dealkylation sites (N-methyl/N-ethyl adjacent to an activating group) is 2. The summed E-state index contributed by atoms with van der Waals surface area (Å²) >= 11 is 0. The van der Waals surface area contributed by atoms with Gasteiger partial charge in [0.2, 0.25) is 5.91 Å². The summed E-state index contributed by atoms with van der Waals surface area (Å²) in [6.07, 6.45) is 8.38. The van der Waals surface area contributed by atoms with E-state index in [-0.39, 0.29) is 12.5 Å². The molecule has 1 aliphatic carbocycles. The van der Waals surface area contributed by atoms with E-state index in [1.54, 1.807) is 0 Å². The van der Waals surface area contributed by atoms with Gasteiger partial charge in [-0.1, -0.05) is 26.2 Å². The molecule has 0 spiro atoms. The van der Waals surface area contributed by atoms with Crippen LogP contribution in [0.5, 0.6) is 0 Å². The number of hydrogen-bond acceptors (Lipinski definition) is 4. The number of rotatable bonds is 8. The number of nitrogens with zero attached hydrogens (tertiary/aromatic N) is 3. The second-order valence-corrected chi connectivity index (χ2v) is 7.74. The molecule has 144 valence electrons. The van der Waals surface area contributed by atoms with Gasteiger partial charge in [-0.25, -0.2) is 0 Å². The molecule has 0 atom stereocenters. The normalized spacial score (nSPS) is 20.8. The molecule has 0 radical (unpaired) electrons. The van der Waals surface area contributed by atoms with Crippen LogP contribution in [0.1, 0.15) is 51.9 Å². The summed E-state index contributed by atoms with van der Waals surface area (Å²) in [5.41, 5.74) is 0. The Kier molecular flexibility index (Phi) is 8.16. The third-order valence-electron chi connectivity index (χ3n) is 5.86. The Bertz CT molecular complexity index is 430. The van der Waals surface area contributed by atoms with Gasteiger partial charge in [0, 0.05) is 32.7 Å². The third kappa shape index (κ3) is 6.59. The maximum atomic E-state index is 12.5. The van der Waals surface area contributed by atoms with Crippen LogP contribution in [0.3, 0.4) is 0 Å². The smallest absolute Gasteiger partial charge is 0.317 e. The number of piperidine rings is 1. The maximum absolute atomic E-state index is 12.5. The van der Waals surface area contributed by atoms with E-state index in [1.807, 2.05) is 23.8 Å². The molecule has 2 rings (SSSR count). The molecule has 1 heterocycles. The molecule has 1 N–H and O–H groups in total. The van der Waals surface area contributed by atoms with Crippen molar-refractivity contribution >= 4 is 11.9 Å². The molecule has 6 nitrogen and oxygen atoms in total. The minimum Gasteiger partial charge on any atom is -0.480 e. The monoisotopic (exact) mass is 353 g/mol. The van der Waals surface area contributed by atoms with Crippen molar-refractivity contribution in [2.75, 3.05) is 46.3 Å². The van der Waals surface area contributed by atoms with Crippen LogP contribution in [0, 0.1) is 5.92 Å².